The van der Waals surface area contributed by atoms with E-state index in [1.54, 1.807) is 0 Å². The molecule has 0 saturated carbocycles. The number of aliphatic carboxylic acids is 1. The summed E-state index contributed by atoms with van der Waals surface area (Å²) in [6, 6.07) is 0. The Hall–Kier alpha value is -1.27. The van der Waals surface area contributed by atoms with Gasteiger partial charge >= 0.3 is 12.1 Å². The molecular weight excluding hydrogens is 251 g/mol. The molecule has 1 heterocycles. The minimum Gasteiger partial charge on any atom is -0.481 e. The number of hydrogen-bond donors (Lipinski definition) is 1. The minimum atomic E-state index is -4.48. The number of amides is 1. The topological polar surface area (TPSA) is 57.6 Å². The Morgan fingerprint density at radius 1 is 1.22 bits per heavy atom. The molecule has 0 bridgehead atoms. The first kappa shape index (κ1) is 14.8. The van der Waals surface area contributed by atoms with Gasteiger partial charge in [-0.15, -0.1) is 0 Å². The van der Waals surface area contributed by atoms with Gasteiger partial charge in [0.15, 0.2) is 0 Å². The normalized spacial score (nSPS) is 21.5. The zero-order valence-electron chi connectivity index (χ0n) is 9.87. The van der Waals surface area contributed by atoms with E-state index < -0.39 is 24.5 Å². The Bertz CT molecular complexity index is 317. The Labute approximate surface area is 103 Å². The van der Waals surface area contributed by atoms with E-state index in [0.717, 1.165) is 0 Å². The molecule has 1 saturated heterocycles. The summed E-state index contributed by atoms with van der Waals surface area (Å²) in [4.78, 5) is 23.1. The minimum absolute atomic E-state index is 0.0152. The lowest BCUT2D eigenvalue weighted by Gasteiger charge is -2.21. The van der Waals surface area contributed by atoms with Gasteiger partial charge in [-0.2, -0.15) is 13.2 Å². The van der Waals surface area contributed by atoms with Crippen LogP contribution >= 0.6 is 0 Å². The number of hydrogen-bond acceptors (Lipinski definition) is 2. The van der Waals surface area contributed by atoms with E-state index in [0.29, 0.717) is 19.3 Å². The van der Waals surface area contributed by atoms with E-state index in [1.807, 2.05) is 0 Å². The van der Waals surface area contributed by atoms with Gasteiger partial charge in [0.2, 0.25) is 5.91 Å². The summed E-state index contributed by atoms with van der Waals surface area (Å²) in [5.74, 6) is -1.88. The number of halogens is 3. The van der Waals surface area contributed by atoms with Crippen molar-refractivity contribution in [3.8, 4) is 0 Å². The van der Waals surface area contributed by atoms with Crippen LogP contribution in [0, 0.1) is 5.92 Å². The summed E-state index contributed by atoms with van der Waals surface area (Å²) in [5.41, 5.74) is 0. The quantitative estimate of drug-likeness (QED) is 0.851. The van der Waals surface area contributed by atoms with Gasteiger partial charge in [0.1, 0.15) is 6.42 Å². The Morgan fingerprint density at radius 3 is 2.44 bits per heavy atom. The van der Waals surface area contributed by atoms with Crippen molar-refractivity contribution in [3.05, 3.63) is 0 Å². The highest BCUT2D eigenvalue weighted by Crippen LogP contribution is 2.24. The van der Waals surface area contributed by atoms with Gasteiger partial charge in [0, 0.05) is 19.5 Å². The van der Waals surface area contributed by atoms with Gasteiger partial charge < -0.3 is 10.0 Å². The highest BCUT2D eigenvalue weighted by Gasteiger charge is 2.34. The van der Waals surface area contributed by atoms with Gasteiger partial charge in [0.05, 0.1) is 0 Å². The van der Waals surface area contributed by atoms with E-state index in [2.05, 4.69) is 0 Å². The smallest absolute Gasteiger partial charge is 0.397 e. The maximum atomic E-state index is 12.1. The van der Waals surface area contributed by atoms with Crippen molar-refractivity contribution >= 4 is 11.9 Å². The molecule has 1 aliphatic rings. The fourth-order valence-corrected chi connectivity index (χ4v) is 2.15. The molecular formula is C11H16F3NO3. The molecule has 1 rings (SSSR count). The van der Waals surface area contributed by atoms with Crippen LogP contribution < -0.4 is 0 Å². The molecule has 1 aliphatic heterocycles. The van der Waals surface area contributed by atoms with Crippen LogP contribution in [0.5, 0.6) is 0 Å². The second-order valence-corrected chi connectivity index (χ2v) is 4.57. The van der Waals surface area contributed by atoms with Gasteiger partial charge in [-0.3, -0.25) is 9.59 Å². The number of carbonyl (C=O) groups excluding carboxylic acids is 1. The number of carboxylic acid groups (broad SMARTS) is 1. The highest BCUT2D eigenvalue weighted by molar-refractivity contribution is 5.76. The molecule has 1 amide bonds. The maximum Gasteiger partial charge on any atom is 0.397 e. The third kappa shape index (κ3) is 5.37. The highest BCUT2D eigenvalue weighted by atomic mass is 19.4. The summed E-state index contributed by atoms with van der Waals surface area (Å²) < 4.78 is 36.3. The molecule has 18 heavy (non-hydrogen) atoms. The van der Waals surface area contributed by atoms with Crippen molar-refractivity contribution in [3.63, 3.8) is 0 Å². The predicted octanol–water partition coefficient (Wildman–Crippen LogP) is 2.04. The van der Waals surface area contributed by atoms with Crippen LogP contribution in [0.4, 0.5) is 13.2 Å². The number of likely N-dealkylation sites (tertiary alicyclic amines) is 1. The Kier molecular flexibility index (Phi) is 4.98. The van der Waals surface area contributed by atoms with Crippen molar-refractivity contribution < 1.29 is 27.9 Å². The van der Waals surface area contributed by atoms with Gasteiger partial charge in [0.25, 0.3) is 0 Å². The molecule has 0 spiro atoms. The first-order chi connectivity index (χ1) is 8.28. The maximum absolute atomic E-state index is 12.1. The van der Waals surface area contributed by atoms with Crippen molar-refractivity contribution in [2.24, 2.45) is 5.92 Å². The molecule has 0 aromatic rings. The van der Waals surface area contributed by atoms with Crippen molar-refractivity contribution in [1.82, 2.24) is 4.90 Å². The number of nitrogens with zero attached hydrogens (tertiary/aromatic N) is 1. The van der Waals surface area contributed by atoms with E-state index in [1.165, 1.54) is 4.90 Å². The van der Waals surface area contributed by atoms with E-state index in [9.17, 15) is 22.8 Å². The number of alkyl halides is 3. The molecule has 0 aliphatic carbocycles. The average Bonchev–Trinajstić information content (AvgIpc) is 2.39. The fourth-order valence-electron chi connectivity index (χ4n) is 2.15. The second kappa shape index (κ2) is 6.06. The van der Waals surface area contributed by atoms with Crippen molar-refractivity contribution in [2.75, 3.05) is 13.1 Å². The van der Waals surface area contributed by atoms with E-state index >= 15 is 0 Å². The van der Waals surface area contributed by atoms with Crippen LogP contribution in [0.25, 0.3) is 0 Å². The molecule has 1 atom stereocenters. The predicted molar refractivity (Wildman–Crippen MR) is 56.8 cm³/mol. The monoisotopic (exact) mass is 267 g/mol. The molecule has 0 radical (unpaired) electrons. The third-order valence-corrected chi connectivity index (χ3v) is 3.02. The first-order valence-corrected chi connectivity index (χ1v) is 5.84. The van der Waals surface area contributed by atoms with E-state index in [4.69, 9.17) is 5.11 Å². The molecule has 1 N–H and O–H groups in total. The standard InChI is InChI=1S/C11H16F3NO3/c12-11(13,14)7-9(16)15-4-1-2-8(3-5-15)6-10(17)18/h8H,1-7H2,(H,17,18). The van der Waals surface area contributed by atoms with Crippen LogP contribution in [-0.2, 0) is 9.59 Å². The number of carbonyl (C=O) groups is 2. The van der Waals surface area contributed by atoms with Gasteiger partial charge in [-0.05, 0) is 25.2 Å². The van der Waals surface area contributed by atoms with Crippen molar-refractivity contribution in [1.29, 1.82) is 0 Å². The average molecular weight is 267 g/mol. The lowest BCUT2D eigenvalue weighted by Crippen LogP contribution is -2.35. The SMILES string of the molecule is O=C(O)CC1CCCN(C(=O)CC(F)(F)F)CC1. The third-order valence-electron chi connectivity index (χ3n) is 3.02. The van der Waals surface area contributed by atoms with Crippen LogP contribution in [0.3, 0.4) is 0 Å². The number of rotatable bonds is 3. The largest absolute Gasteiger partial charge is 0.481 e. The molecule has 1 unspecified atom stereocenters. The Morgan fingerprint density at radius 2 is 1.89 bits per heavy atom. The van der Waals surface area contributed by atoms with Crippen LogP contribution in [0.1, 0.15) is 32.1 Å². The Balaban J connectivity index is 2.46. The fraction of sp³-hybridized carbons (Fsp3) is 0.818. The van der Waals surface area contributed by atoms with Gasteiger partial charge in [-0.25, -0.2) is 0 Å². The van der Waals surface area contributed by atoms with Gasteiger partial charge in [-0.1, -0.05) is 0 Å². The van der Waals surface area contributed by atoms with Crippen LogP contribution in [0.15, 0.2) is 0 Å². The summed E-state index contributed by atoms with van der Waals surface area (Å²) in [5, 5.41) is 8.66. The molecule has 0 aromatic carbocycles. The zero-order chi connectivity index (χ0) is 13.8. The zero-order valence-corrected chi connectivity index (χ0v) is 9.87. The van der Waals surface area contributed by atoms with Crippen molar-refractivity contribution in [2.45, 2.75) is 38.3 Å². The first-order valence-electron chi connectivity index (χ1n) is 5.84. The lowest BCUT2D eigenvalue weighted by atomic mass is 9.97. The second-order valence-electron chi connectivity index (χ2n) is 4.57. The summed E-state index contributed by atoms with van der Waals surface area (Å²) >= 11 is 0. The molecule has 4 nitrogen and oxygen atoms in total. The summed E-state index contributed by atoms with van der Waals surface area (Å²) in [6.45, 7) is 0.498. The summed E-state index contributed by atoms with van der Waals surface area (Å²) in [6.07, 6.45) is -4.25. The molecule has 0 aromatic heterocycles. The molecule has 1 fully saturated rings. The lowest BCUT2D eigenvalue weighted by molar-refractivity contribution is -0.161. The number of carboxylic acids is 1. The van der Waals surface area contributed by atoms with E-state index in [-0.39, 0.29) is 25.4 Å². The summed E-state index contributed by atoms with van der Waals surface area (Å²) in [7, 11) is 0. The molecule has 7 heteroatoms. The van der Waals surface area contributed by atoms with Crippen LogP contribution in [-0.4, -0.2) is 41.1 Å². The molecule has 104 valence electrons. The van der Waals surface area contributed by atoms with Crippen LogP contribution in [0.2, 0.25) is 0 Å².